The molecule has 4 saturated heterocycles. The van der Waals surface area contributed by atoms with E-state index in [0.717, 1.165) is 26.5 Å². The molecule has 734 valence electrons. The van der Waals surface area contributed by atoms with E-state index in [9.17, 15) is 49.2 Å². The predicted molar refractivity (Wildman–Crippen MR) is 496 cm³/mol. The van der Waals surface area contributed by atoms with Gasteiger partial charge in [-0.05, 0) is 98.4 Å². The number of thioether (sulfide) groups is 1. The zero-order valence-electron chi connectivity index (χ0n) is 76.8. The number of hydrogen-bond acceptors (Lipinski definition) is 25. The van der Waals surface area contributed by atoms with Crippen LogP contribution in [-0.2, 0) is 102 Å². The smallest absolute Gasteiger partial charge is 0.246 e. The van der Waals surface area contributed by atoms with Crippen molar-refractivity contribution in [3.05, 3.63) is 120 Å². The van der Waals surface area contributed by atoms with Crippen LogP contribution in [0.15, 0.2) is 97.7 Å². The lowest BCUT2D eigenvalue weighted by Gasteiger charge is -2.38. The van der Waals surface area contributed by atoms with Gasteiger partial charge in [-0.15, -0.1) is 11.8 Å². The topological polar surface area (TPSA) is 641 Å². The van der Waals surface area contributed by atoms with Crippen LogP contribution in [0.1, 0.15) is 134 Å². The van der Waals surface area contributed by atoms with Gasteiger partial charge in [-0.3, -0.25) is 82.0 Å². The number of aromatic hydroxyl groups is 1. The lowest BCUT2D eigenvalue weighted by Crippen LogP contribution is -2.65. The molecule has 43 nitrogen and oxygen atoms in total. The van der Waals surface area contributed by atoms with E-state index in [1.165, 1.54) is 60.7 Å². The summed E-state index contributed by atoms with van der Waals surface area (Å²) in [6.07, 6.45) is 2.51. The number of amides is 16. The second kappa shape index (κ2) is 50.1. The molecule has 16 amide bonds. The minimum Gasteiger partial charge on any atom is -0.508 e. The second-order valence-electron chi connectivity index (χ2n) is 35.2. The molecule has 135 heavy (non-hydrogen) atoms. The molecule has 24 N–H and O–H groups in total. The van der Waals surface area contributed by atoms with Crippen molar-refractivity contribution >= 4 is 128 Å². The number of nitrogens with zero attached hydrogens (tertiary/aromatic N) is 6. The van der Waals surface area contributed by atoms with Gasteiger partial charge in [0.05, 0.1) is 49.5 Å². The number of nitrogens with two attached hydrogens (primary N) is 3. The lowest BCUT2D eigenvalue weighted by atomic mass is 10.00. The van der Waals surface area contributed by atoms with Crippen molar-refractivity contribution in [1.82, 2.24) is 103 Å². The van der Waals surface area contributed by atoms with Gasteiger partial charge in [0.15, 0.2) is 0 Å². The molecule has 1 unspecified atom stereocenters. The third-order valence-electron chi connectivity index (χ3n) is 24.7. The Hall–Kier alpha value is -12.6. The Bertz CT molecular complexity index is 5130. The summed E-state index contributed by atoms with van der Waals surface area (Å²) in [5.41, 5.74) is 20.3. The van der Waals surface area contributed by atoms with Crippen LogP contribution in [0, 0.1) is 5.92 Å². The second-order valence-corrected chi connectivity index (χ2v) is 36.2. The number of para-hydroxylation sites is 2. The van der Waals surface area contributed by atoms with Crippen LogP contribution in [-0.4, -0.2) is 334 Å². The number of H-pyrrole nitrogens is 3. The van der Waals surface area contributed by atoms with Crippen LogP contribution >= 0.6 is 11.8 Å². The van der Waals surface area contributed by atoms with E-state index >= 15 is 47.9 Å². The molecule has 16 atom stereocenters. The van der Waals surface area contributed by atoms with Gasteiger partial charge in [-0.2, -0.15) is 0 Å². The summed E-state index contributed by atoms with van der Waals surface area (Å²) in [6.45, 7) is 4.70. The monoisotopic (exact) mass is 1900 g/mol. The van der Waals surface area contributed by atoms with E-state index in [0.29, 0.717) is 64.2 Å². The normalized spacial score (nSPS) is 25.6. The highest BCUT2D eigenvalue weighted by atomic mass is 32.2. The first kappa shape index (κ1) is 104. The zero-order chi connectivity index (χ0) is 97.9. The number of carbonyl (C=O) groups is 16. The first-order valence-corrected chi connectivity index (χ1v) is 47.0. The minimum absolute atomic E-state index is 0.00975. The molecule has 44 heteroatoms. The molecule has 0 saturated carbocycles. The number of aliphatic hydroxyl groups is 3. The van der Waals surface area contributed by atoms with E-state index in [1.807, 2.05) is 13.8 Å². The number of unbranched alkanes of at least 4 members (excludes halogenated alkanes) is 2. The van der Waals surface area contributed by atoms with Gasteiger partial charge >= 0.3 is 0 Å². The summed E-state index contributed by atoms with van der Waals surface area (Å²) in [6, 6.07) is -1.43. The maximum absolute atomic E-state index is 15.7. The number of hydrogen-bond donors (Lipinski definition) is 21. The van der Waals surface area contributed by atoms with Crippen LogP contribution in [0.25, 0.3) is 21.8 Å². The third kappa shape index (κ3) is 28.5. The SMILES string of the molecule is CCCC[C@H]1C(=O)N(C)[C@@H](CCCC)C(=O)N[C@@H](CCCN)C(=O)N[C@H](C(O)NCC(N)=O)CSCC(=O)N[C@@H](Cc2ccc(O)cc2)C(=O)N2CCNC[C@H]2C(=O)N[C@@H](CC(N)=O)C(=O)N2CCC[C@H]2C(=O)N[C@@H](Cc2c[nH]cn2)C(=O)N[C@@H](CC(C)C)C(=O)N2C[C@H](O)C[C@H]2C(=O)N[C@@H](Cc2c[nH]c3ccccc23)C(=O)N[C@@H](CO)C(=O)N[C@@H](Cc2c[nH]c3ccccc23)C(=O)N1C. The number of nitrogens with one attached hydrogen (secondary N) is 14. The number of aliphatic hydroxyl groups excluding tert-OH is 3. The number of phenolic OH excluding ortho intramolecular Hbond substituents is 1. The molecule has 4 aliphatic heterocycles. The number of rotatable bonds is 26. The first-order chi connectivity index (χ1) is 64.6. The van der Waals surface area contributed by atoms with E-state index in [2.05, 4.69) is 78.4 Å². The Morgan fingerprint density at radius 3 is 1.71 bits per heavy atom. The summed E-state index contributed by atoms with van der Waals surface area (Å²) < 4.78 is 0. The van der Waals surface area contributed by atoms with Crippen molar-refractivity contribution in [2.45, 2.75) is 234 Å². The lowest BCUT2D eigenvalue weighted by molar-refractivity contribution is -0.149. The van der Waals surface area contributed by atoms with Crippen molar-refractivity contribution in [3.63, 3.8) is 0 Å². The molecule has 4 fully saturated rings. The molecule has 10 rings (SSSR count). The van der Waals surface area contributed by atoms with E-state index in [1.54, 1.807) is 74.8 Å². The highest BCUT2D eigenvalue weighted by molar-refractivity contribution is 8.00. The summed E-state index contributed by atoms with van der Waals surface area (Å²) in [4.78, 5) is 257. The highest BCUT2D eigenvalue weighted by Crippen LogP contribution is 2.29. The summed E-state index contributed by atoms with van der Waals surface area (Å²) in [5.74, 6) is -15.8. The minimum atomic E-state index is -1.88. The standard InChI is InChI=1S/C91H129N23O20S/c1-7-9-22-70-83(126)102-61(21-15-29-92)79(122)109-69(78(121)99-44-76(94)119)47-135-48-77(120)101-65(34-51-25-27-55(116)28-26-51)88(131)113-32-30-95-43-74(113)86(129)107-67(39-75(93)118)89(132)112-31-16-24-71(112)84(127)104-63(37-54-42-96-49-100-54)81(124)105-64(33-50(3)4)90(133)114-45-56(117)38-73(114)85(128)103-62(35-52-40-97-59-19-13-11-17-57(52)59)80(123)108-68(46-115)82(125)106-66(36-53-41-98-60-20-14-12-18-58(53)60)87(130)111(6)72(23-10-8-2)91(134)110(70)5/h11-14,17-20,25-28,40-42,49-50,56,61-74,78,95,97-99,115-117,121H,7-10,15-16,21-24,29-39,43-48,92H2,1-6H3,(H2,93,118)(H2,94,119)(H,96,100)(H,101,120)(H,102,126)(H,103,128)(H,104,127)(H,105,124)(H,106,125)(H,107,129)(H,108,123)(H,109,122)/t56-,61+,62+,63+,64+,65+,66+,67+,68+,69+,70+,71+,72+,73+,74+,78?/m1/s1. The van der Waals surface area contributed by atoms with Crippen LogP contribution in [0.3, 0.4) is 0 Å². The van der Waals surface area contributed by atoms with Crippen molar-refractivity contribution in [3.8, 4) is 5.75 Å². The van der Waals surface area contributed by atoms with Crippen molar-refractivity contribution in [1.29, 1.82) is 0 Å². The van der Waals surface area contributed by atoms with Gasteiger partial charge in [0.25, 0.3) is 0 Å². The number of aromatic nitrogens is 4. The first-order valence-electron chi connectivity index (χ1n) is 45.9. The van der Waals surface area contributed by atoms with E-state index in [4.69, 9.17) is 17.2 Å². The van der Waals surface area contributed by atoms with Crippen molar-refractivity contribution in [2.24, 2.45) is 23.1 Å². The molecular weight excluding hydrogens is 1770 g/mol. The van der Waals surface area contributed by atoms with Gasteiger partial charge in [0.1, 0.15) is 90.5 Å². The predicted octanol–water partition coefficient (Wildman–Crippen LogP) is -3.71. The van der Waals surface area contributed by atoms with Gasteiger partial charge in [-0.25, -0.2) is 4.98 Å². The molecule has 0 aliphatic carbocycles. The summed E-state index contributed by atoms with van der Waals surface area (Å²) in [5, 5.41) is 76.1. The van der Waals surface area contributed by atoms with Gasteiger partial charge in [0.2, 0.25) is 94.5 Å². The molecule has 6 aromatic rings. The third-order valence-corrected chi connectivity index (χ3v) is 25.7. The molecular formula is C91H129N23O20S. The number of benzene rings is 3. The fraction of sp³-hybridized carbons (Fsp3) is 0.549. The van der Waals surface area contributed by atoms with Gasteiger partial charge in [-0.1, -0.05) is 102 Å². The number of carbonyl (C=O) groups excluding carboxylic acids is 16. The Balaban J connectivity index is 1.02. The highest BCUT2D eigenvalue weighted by Gasteiger charge is 2.48. The number of piperazine rings is 1. The summed E-state index contributed by atoms with van der Waals surface area (Å²) >= 11 is 0.853. The maximum atomic E-state index is 15.7. The number of phenols is 1. The Kier molecular flexibility index (Phi) is 38.8. The number of aromatic amines is 3. The van der Waals surface area contributed by atoms with Crippen LogP contribution in [0.2, 0.25) is 0 Å². The molecule has 3 aromatic heterocycles. The number of likely N-dealkylation sites (N-methyl/N-ethyl adjacent to an activating group) is 2. The van der Waals surface area contributed by atoms with Gasteiger partial charge < -0.3 is 130 Å². The molecule has 0 spiro atoms. The van der Waals surface area contributed by atoms with Crippen LogP contribution in [0.4, 0.5) is 0 Å². The van der Waals surface area contributed by atoms with E-state index < -0.39 is 223 Å². The zero-order valence-corrected chi connectivity index (χ0v) is 77.6. The number of imidazole rings is 1. The molecule has 4 aliphatic rings. The fourth-order valence-corrected chi connectivity index (χ4v) is 18.3. The van der Waals surface area contributed by atoms with Crippen LogP contribution < -0.4 is 75.7 Å². The molecule has 0 radical (unpaired) electrons. The Morgan fingerprint density at radius 2 is 1.10 bits per heavy atom. The average molecular weight is 1900 g/mol. The average Bonchev–Trinajstić information content (AvgIpc) is 1.43. The quantitative estimate of drug-likeness (QED) is 0.0232. The largest absolute Gasteiger partial charge is 0.508 e. The molecule has 3 aromatic carbocycles. The van der Waals surface area contributed by atoms with Gasteiger partial charge in [0, 0.05) is 125 Å². The number of primary amides is 2. The van der Waals surface area contributed by atoms with Crippen molar-refractivity contribution < 1.29 is 97.1 Å². The maximum Gasteiger partial charge on any atom is 0.246 e. The van der Waals surface area contributed by atoms with E-state index in [-0.39, 0.29) is 133 Å². The van der Waals surface area contributed by atoms with Crippen molar-refractivity contribution in [2.75, 3.05) is 78.0 Å². The molecule has 7 heterocycles. The Morgan fingerprint density at radius 1 is 0.556 bits per heavy atom. The number of fused-ring (bicyclic) bond motifs is 5. The summed E-state index contributed by atoms with van der Waals surface area (Å²) in [7, 11) is 2.74. The Labute approximate surface area is 785 Å². The molecule has 0 bridgehead atoms. The fourth-order valence-electron chi connectivity index (χ4n) is 17.4. The van der Waals surface area contributed by atoms with Crippen LogP contribution in [0.5, 0.6) is 5.75 Å².